The second-order valence-electron chi connectivity index (χ2n) is 3.66. The minimum absolute atomic E-state index is 0.436. The summed E-state index contributed by atoms with van der Waals surface area (Å²) in [6.45, 7) is 0. The van der Waals surface area contributed by atoms with Crippen LogP contribution in [0.25, 0.3) is 0 Å². The number of nitrogens with two attached hydrogens (primary N) is 1. The summed E-state index contributed by atoms with van der Waals surface area (Å²) in [4.78, 5) is 7.02. The third-order valence-electron chi connectivity index (χ3n) is 2.72. The molecule has 0 unspecified atom stereocenters. The van der Waals surface area contributed by atoms with Crippen LogP contribution in [0.4, 0.5) is 5.95 Å². The summed E-state index contributed by atoms with van der Waals surface area (Å²) in [6.07, 6.45) is 6.35. The number of H-pyrrole nitrogens is 1. The number of nitrogens with zero attached hydrogens (tertiary/aromatic N) is 1. The SMILES string of the molecule is Nc1nc(Cl)c(C2CCCCC2)[nH]1. The van der Waals surface area contributed by atoms with Crippen LogP contribution in [0.3, 0.4) is 0 Å². The van der Waals surface area contributed by atoms with E-state index in [1.165, 1.54) is 32.1 Å². The number of hydrogen-bond acceptors (Lipinski definition) is 2. The van der Waals surface area contributed by atoms with Crippen LogP contribution in [0.1, 0.15) is 43.7 Å². The van der Waals surface area contributed by atoms with E-state index in [9.17, 15) is 0 Å². The second kappa shape index (κ2) is 3.58. The predicted molar refractivity (Wildman–Crippen MR) is 53.8 cm³/mol. The Morgan fingerprint density at radius 3 is 2.54 bits per heavy atom. The molecule has 0 spiro atoms. The van der Waals surface area contributed by atoms with Crippen molar-refractivity contribution in [1.82, 2.24) is 9.97 Å². The molecule has 3 N–H and O–H groups in total. The first kappa shape index (κ1) is 8.88. The molecule has 0 aliphatic heterocycles. The highest BCUT2D eigenvalue weighted by Crippen LogP contribution is 2.35. The second-order valence-corrected chi connectivity index (χ2v) is 4.02. The van der Waals surface area contributed by atoms with Gasteiger partial charge in [-0.25, -0.2) is 4.98 Å². The number of imidazole rings is 1. The van der Waals surface area contributed by atoms with Gasteiger partial charge < -0.3 is 10.7 Å². The summed E-state index contributed by atoms with van der Waals surface area (Å²) in [7, 11) is 0. The molecule has 1 fully saturated rings. The molecule has 1 aliphatic carbocycles. The Labute approximate surface area is 82.7 Å². The van der Waals surface area contributed by atoms with Gasteiger partial charge in [-0.05, 0) is 12.8 Å². The predicted octanol–water partition coefficient (Wildman–Crippen LogP) is 2.69. The molecule has 1 aromatic heterocycles. The van der Waals surface area contributed by atoms with E-state index >= 15 is 0 Å². The molecule has 2 rings (SSSR count). The number of anilines is 1. The largest absolute Gasteiger partial charge is 0.369 e. The summed E-state index contributed by atoms with van der Waals surface area (Å²) in [5.41, 5.74) is 6.58. The normalized spacial score (nSPS) is 19.2. The van der Waals surface area contributed by atoms with Crippen molar-refractivity contribution < 1.29 is 0 Å². The molecule has 0 atom stereocenters. The monoisotopic (exact) mass is 199 g/mol. The molecule has 0 saturated heterocycles. The lowest BCUT2D eigenvalue weighted by Gasteiger charge is -2.20. The van der Waals surface area contributed by atoms with Crippen LogP contribution >= 0.6 is 11.6 Å². The van der Waals surface area contributed by atoms with Crippen molar-refractivity contribution in [2.45, 2.75) is 38.0 Å². The molecule has 0 amide bonds. The van der Waals surface area contributed by atoms with Gasteiger partial charge in [0, 0.05) is 5.92 Å². The first-order chi connectivity index (χ1) is 6.27. The Morgan fingerprint density at radius 2 is 2.00 bits per heavy atom. The van der Waals surface area contributed by atoms with Crippen molar-refractivity contribution >= 4 is 17.5 Å². The minimum Gasteiger partial charge on any atom is -0.369 e. The van der Waals surface area contributed by atoms with Crippen molar-refractivity contribution in [2.75, 3.05) is 5.73 Å². The van der Waals surface area contributed by atoms with Gasteiger partial charge in [0.05, 0.1) is 5.69 Å². The third kappa shape index (κ3) is 1.80. The molecule has 0 radical (unpaired) electrons. The van der Waals surface area contributed by atoms with Gasteiger partial charge in [-0.15, -0.1) is 0 Å². The van der Waals surface area contributed by atoms with Gasteiger partial charge in [0.25, 0.3) is 0 Å². The maximum absolute atomic E-state index is 5.96. The number of halogens is 1. The standard InChI is InChI=1S/C9H14ClN3/c10-8-7(12-9(11)13-8)6-4-2-1-3-5-6/h6H,1-5H2,(H3,11,12,13). The van der Waals surface area contributed by atoms with E-state index in [1.54, 1.807) is 0 Å². The number of aromatic amines is 1. The van der Waals surface area contributed by atoms with Gasteiger partial charge in [-0.2, -0.15) is 0 Å². The molecule has 0 bridgehead atoms. The van der Waals surface area contributed by atoms with Crippen molar-refractivity contribution in [3.8, 4) is 0 Å². The summed E-state index contributed by atoms with van der Waals surface area (Å²) >= 11 is 5.96. The molecule has 72 valence electrons. The van der Waals surface area contributed by atoms with E-state index in [-0.39, 0.29) is 0 Å². The average Bonchev–Trinajstić information content (AvgIpc) is 2.47. The zero-order chi connectivity index (χ0) is 9.26. The highest BCUT2D eigenvalue weighted by Gasteiger charge is 2.20. The van der Waals surface area contributed by atoms with Crippen LogP contribution in [0, 0.1) is 0 Å². The number of hydrogen-bond donors (Lipinski definition) is 2. The zero-order valence-electron chi connectivity index (χ0n) is 7.52. The quantitative estimate of drug-likeness (QED) is 0.731. The summed E-state index contributed by atoms with van der Waals surface area (Å²) < 4.78 is 0. The molecule has 3 nitrogen and oxygen atoms in total. The minimum atomic E-state index is 0.436. The fourth-order valence-electron chi connectivity index (χ4n) is 2.05. The van der Waals surface area contributed by atoms with Gasteiger partial charge in [0.1, 0.15) is 0 Å². The molecule has 1 heterocycles. The average molecular weight is 200 g/mol. The van der Waals surface area contributed by atoms with E-state index in [0.29, 0.717) is 17.0 Å². The van der Waals surface area contributed by atoms with E-state index in [2.05, 4.69) is 9.97 Å². The number of nitrogen functional groups attached to an aromatic ring is 1. The van der Waals surface area contributed by atoms with Gasteiger partial charge in [-0.1, -0.05) is 30.9 Å². The lowest BCUT2D eigenvalue weighted by atomic mass is 9.87. The van der Waals surface area contributed by atoms with E-state index in [4.69, 9.17) is 17.3 Å². The Hall–Kier alpha value is -0.700. The smallest absolute Gasteiger partial charge is 0.199 e. The van der Waals surface area contributed by atoms with Crippen LogP contribution in [0.15, 0.2) is 0 Å². The number of nitrogens with one attached hydrogen (secondary N) is 1. The fraction of sp³-hybridized carbons (Fsp3) is 0.667. The Morgan fingerprint density at radius 1 is 1.31 bits per heavy atom. The van der Waals surface area contributed by atoms with Crippen molar-refractivity contribution in [2.24, 2.45) is 0 Å². The van der Waals surface area contributed by atoms with Gasteiger partial charge in [0.15, 0.2) is 11.1 Å². The highest BCUT2D eigenvalue weighted by molar-refractivity contribution is 6.30. The topological polar surface area (TPSA) is 54.7 Å². The first-order valence-electron chi connectivity index (χ1n) is 4.78. The van der Waals surface area contributed by atoms with E-state index in [1.807, 2.05) is 0 Å². The molecule has 1 aromatic rings. The van der Waals surface area contributed by atoms with Gasteiger partial charge in [-0.3, -0.25) is 0 Å². The Bertz CT molecular complexity index is 289. The maximum Gasteiger partial charge on any atom is 0.199 e. The Balaban J connectivity index is 2.18. The van der Waals surface area contributed by atoms with Crippen LogP contribution in [0.5, 0.6) is 0 Å². The fourth-order valence-corrected chi connectivity index (χ4v) is 2.34. The first-order valence-corrected chi connectivity index (χ1v) is 5.16. The van der Waals surface area contributed by atoms with Crippen LogP contribution in [-0.4, -0.2) is 9.97 Å². The van der Waals surface area contributed by atoms with Gasteiger partial charge in [0.2, 0.25) is 0 Å². The lowest BCUT2D eigenvalue weighted by Crippen LogP contribution is -2.05. The van der Waals surface area contributed by atoms with Crippen LogP contribution in [0.2, 0.25) is 5.15 Å². The summed E-state index contributed by atoms with van der Waals surface area (Å²) in [6, 6.07) is 0. The highest BCUT2D eigenvalue weighted by atomic mass is 35.5. The van der Waals surface area contributed by atoms with Gasteiger partial charge >= 0.3 is 0 Å². The third-order valence-corrected chi connectivity index (χ3v) is 3.01. The molecule has 13 heavy (non-hydrogen) atoms. The van der Waals surface area contributed by atoms with Crippen LogP contribution in [-0.2, 0) is 0 Å². The summed E-state index contributed by atoms with van der Waals surface area (Å²) in [5.74, 6) is 0.983. The molecular formula is C9H14ClN3. The Kier molecular flexibility index (Phi) is 2.44. The molecule has 1 saturated carbocycles. The molecule has 1 aliphatic rings. The van der Waals surface area contributed by atoms with Crippen LogP contribution < -0.4 is 5.73 Å². The molecule has 0 aromatic carbocycles. The zero-order valence-corrected chi connectivity index (χ0v) is 8.27. The summed E-state index contributed by atoms with van der Waals surface area (Å²) in [5, 5.41) is 0.560. The van der Waals surface area contributed by atoms with Crippen molar-refractivity contribution in [3.05, 3.63) is 10.8 Å². The van der Waals surface area contributed by atoms with E-state index < -0.39 is 0 Å². The molecule has 4 heteroatoms. The van der Waals surface area contributed by atoms with Crippen molar-refractivity contribution in [1.29, 1.82) is 0 Å². The van der Waals surface area contributed by atoms with Crippen molar-refractivity contribution in [3.63, 3.8) is 0 Å². The lowest BCUT2D eigenvalue weighted by molar-refractivity contribution is 0.438. The number of rotatable bonds is 1. The van der Waals surface area contributed by atoms with E-state index in [0.717, 1.165) is 5.69 Å². The molecular weight excluding hydrogens is 186 g/mol. The number of aromatic nitrogens is 2. The maximum atomic E-state index is 5.96.